The van der Waals surface area contributed by atoms with Crippen molar-refractivity contribution in [3.05, 3.63) is 59.5 Å². The van der Waals surface area contributed by atoms with Gasteiger partial charge in [0.25, 0.3) is 0 Å². The lowest BCUT2D eigenvalue weighted by molar-refractivity contribution is 0.556. The summed E-state index contributed by atoms with van der Waals surface area (Å²) in [6.07, 6.45) is 20.2. The van der Waals surface area contributed by atoms with Crippen LogP contribution in [0.2, 0.25) is 0 Å². The molecule has 28 heavy (non-hydrogen) atoms. The van der Waals surface area contributed by atoms with Crippen LogP contribution in [0.5, 0.6) is 0 Å². The summed E-state index contributed by atoms with van der Waals surface area (Å²) in [7, 11) is 0. The Labute approximate surface area is 168 Å². The van der Waals surface area contributed by atoms with Crippen molar-refractivity contribution in [2.75, 3.05) is 0 Å². The van der Waals surface area contributed by atoms with Crippen LogP contribution in [0.25, 0.3) is 12.2 Å². The molecule has 0 aliphatic rings. The quantitative estimate of drug-likeness (QED) is 0.204. The van der Waals surface area contributed by atoms with Crippen molar-refractivity contribution in [2.24, 2.45) is 10.2 Å². The minimum absolute atomic E-state index is 0.847. The molecule has 0 amide bonds. The van der Waals surface area contributed by atoms with E-state index in [-0.39, 0.29) is 0 Å². The molecule has 4 heteroatoms. The van der Waals surface area contributed by atoms with Gasteiger partial charge in [-0.3, -0.25) is 0 Å². The zero-order valence-electron chi connectivity index (χ0n) is 17.1. The summed E-state index contributed by atoms with van der Waals surface area (Å²) >= 11 is 0. The molecule has 0 saturated carbocycles. The van der Waals surface area contributed by atoms with E-state index in [1.54, 1.807) is 12.5 Å². The number of furan rings is 2. The van der Waals surface area contributed by atoms with E-state index in [1.165, 1.54) is 25.7 Å². The fourth-order valence-electron chi connectivity index (χ4n) is 2.83. The highest BCUT2D eigenvalue weighted by molar-refractivity contribution is 5.87. The lowest BCUT2D eigenvalue weighted by Gasteiger charge is -2.01. The van der Waals surface area contributed by atoms with Gasteiger partial charge in [-0.05, 0) is 73.2 Å². The van der Waals surface area contributed by atoms with Crippen molar-refractivity contribution in [1.29, 1.82) is 0 Å². The van der Waals surface area contributed by atoms with Gasteiger partial charge in [0.05, 0.1) is 25.0 Å². The Kier molecular flexibility index (Phi) is 10.5. The Balaban J connectivity index is 2.03. The van der Waals surface area contributed by atoms with Crippen LogP contribution in [-0.4, -0.2) is 12.4 Å². The lowest BCUT2D eigenvalue weighted by Crippen LogP contribution is -1.88. The molecule has 4 nitrogen and oxygen atoms in total. The molecule has 0 aromatic carbocycles. The summed E-state index contributed by atoms with van der Waals surface area (Å²) < 4.78 is 10.9. The molecule has 0 spiro atoms. The van der Waals surface area contributed by atoms with Crippen molar-refractivity contribution in [3.8, 4) is 0 Å². The highest BCUT2D eigenvalue weighted by atomic mass is 16.3. The predicted molar refractivity (Wildman–Crippen MR) is 119 cm³/mol. The minimum Gasteiger partial charge on any atom is -0.465 e. The van der Waals surface area contributed by atoms with Gasteiger partial charge in [0.2, 0.25) is 0 Å². The van der Waals surface area contributed by atoms with Crippen LogP contribution >= 0.6 is 0 Å². The Morgan fingerprint density at radius 1 is 0.750 bits per heavy atom. The monoisotopic (exact) mass is 380 g/mol. The van der Waals surface area contributed by atoms with Gasteiger partial charge >= 0.3 is 0 Å². The summed E-state index contributed by atoms with van der Waals surface area (Å²) in [5.74, 6) is 1.69. The molecule has 0 unspecified atom stereocenters. The third kappa shape index (κ3) is 8.85. The van der Waals surface area contributed by atoms with Gasteiger partial charge in [0, 0.05) is 0 Å². The fourth-order valence-corrected chi connectivity index (χ4v) is 2.83. The second-order valence-corrected chi connectivity index (χ2v) is 6.87. The summed E-state index contributed by atoms with van der Waals surface area (Å²) in [6.45, 7) is 4.42. The summed E-state index contributed by atoms with van der Waals surface area (Å²) in [4.78, 5) is 0. The molecule has 0 bridgehead atoms. The van der Waals surface area contributed by atoms with Crippen molar-refractivity contribution >= 4 is 24.6 Å². The van der Waals surface area contributed by atoms with Gasteiger partial charge in [0.15, 0.2) is 0 Å². The van der Waals surface area contributed by atoms with Crippen molar-refractivity contribution in [1.82, 2.24) is 0 Å². The first kappa shape index (κ1) is 21.7. The van der Waals surface area contributed by atoms with Crippen LogP contribution in [0.15, 0.2) is 67.0 Å². The zero-order chi connectivity index (χ0) is 19.9. The lowest BCUT2D eigenvalue weighted by atomic mass is 10.1. The Bertz CT molecular complexity index is 684. The summed E-state index contributed by atoms with van der Waals surface area (Å²) in [5.41, 5.74) is 2.26. The summed E-state index contributed by atoms with van der Waals surface area (Å²) in [6, 6.07) is 7.70. The van der Waals surface area contributed by atoms with Gasteiger partial charge in [-0.1, -0.05) is 39.5 Å². The summed E-state index contributed by atoms with van der Waals surface area (Å²) in [5, 5.41) is 8.58. The number of allylic oxidation sites excluding steroid dienone is 2. The maximum atomic E-state index is 5.43. The molecular formula is C24H32N2O2. The maximum Gasteiger partial charge on any atom is 0.126 e. The van der Waals surface area contributed by atoms with Crippen LogP contribution in [0.4, 0.5) is 0 Å². The van der Waals surface area contributed by atoms with E-state index in [1.807, 2.05) is 48.8 Å². The molecular weight excluding hydrogens is 348 g/mol. The molecule has 2 aromatic heterocycles. The molecule has 0 aliphatic carbocycles. The zero-order valence-corrected chi connectivity index (χ0v) is 17.1. The van der Waals surface area contributed by atoms with Gasteiger partial charge in [0.1, 0.15) is 11.5 Å². The van der Waals surface area contributed by atoms with E-state index in [0.29, 0.717) is 0 Å². The Morgan fingerprint density at radius 3 is 1.57 bits per heavy atom. The minimum atomic E-state index is 0.847. The maximum absolute atomic E-state index is 5.43. The Morgan fingerprint density at radius 2 is 1.21 bits per heavy atom. The standard InChI is InChI=1S/C24H32N2O2/c1-3-5-7-11-21(17-23-13-9-15-27-23)19-25-26-20-22(12-8-6-4-2)18-24-14-10-16-28-24/h9-10,13-20H,3-8,11-12H2,1-2H3/b21-17+,22-18+,25-19-,26-20-. The molecule has 2 heterocycles. The molecule has 0 radical (unpaired) electrons. The largest absolute Gasteiger partial charge is 0.465 e. The Hall–Kier alpha value is -2.62. The van der Waals surface area contributed by atoms with Crippen LogP contribution in [0.3, 0.4) is 0 Å². The van der Waals surface area contributed by atoms with Crippen molar-refractivity contribution < 1.29 is 8.83 Å². The molecule has 150 valence electrons. The fraction of sp³-hybridized carbons (Fsp3) is 0.417. The second-order valence-electron chi connectivity index (χ2n) is 6.87. The first-order chi connectivity index (χ1) is 13.8. The SMILES string of the molecule is CCCCCC(/C=N\N=C/C(=C/c1ccco1)CCCCC)=C\c1ccco1. The van der Waals surface area contributed by atoms with Gasteiger partial charge in [-0.25, -0.2) is 0 Å². The van der Waals surface area contributed by atoms with Crippen molar-refractivity contribution in [2.45, 2.75) is 65.2 Å². The number of rotatable bonds is 13. The average Bonchev–Trinajstić information content (AvgIpc) is 3.39. The van der Waals surface area contributed by atoms with E-state index >= 15 is 0 Å². The highest BCUT2D eigenvalue weighted by Gasteiger charge is 1.99. The van der Waals surface area contributed by atoms with Crippen LogP contribution < -0.4 is 0 Å². The molecule has 2 aromatic rings. The number of hydrogen-bond donors (Lipinski definition) is 0. The van der Waals surface area contributed by atoms with E-state index in [9.17, 15) is 0 Å². The van der Waals surface area contributed by atoms with Crippen molar-refractivity contribution in [3.63, 3.8) is 0 Å². The number of unbranched alkanes of at least 4 members (excludes halogenated alkanes) is 4. The van der Waals surface area contributed by atoms with E-state index in [0.717, 1.165) is 48.3 Å². The van der Waals surface area contributed by atoms with Crippen LogP contribution in [-0.2, 0) is 0 Å². The second kappa shape index (κ2) is 13.5. The highest BCUT2D eigenvalue weighted by Crippen LogP contribution is 2.14. The molecule has 0 atom stereocenters. The first-order valence-electron chi connectivity index (χ1n) is 10.4. The first-order valence-corrected chi connectivity index (χ1v) is 10.4. The average molecular weight is 381 g/mol. The third-order valence-corrected chi connectivity index (χ3v) is 4.39. The van der Waals surface area contributed by atoms with E-state index in [2.05, 4.69) is 24.1 Å². The third-order valence-electron chi connectivity index (χ3n) is 4.39. The molecule has 0 N–H and O–H groups in total. The van der Waals surface area contributed by atoms with E-state index in [4.69, 9.17) is 8.83 Å². The van der Waals surface area contributed by atoms with Gasteiger partial charge in [-0.2, -0.15) is 10.2 Å². The normalized spacial score (nSPS) is 13.2. The topological polar surface area (TPSA) is 51.0 Å². The van der Waals surface area contributed by atoms with Gasteiger partial charge < -0.3 is 8.83 Å². The van der Waals surface area contributed by atoms with E-state index < -0.39 is 0 Å². The molecule has 0 fully saturated rings. The predicted octanol–water partition coefficient (Wildman–Crippen LogP) is 7.56. The van der Waals surface area contributed by atoms with Gasteiger partial charge in [-0.15, -0.1) is 0 Å². The molecule has 2 rings (SSSR count). The smallest absolute Gasteiger partial charge is 0.126 e. The number of hydrogen-bond acceptors (Lipinski definition) is 4. The molecule has 0 aliphatic heterocycles. The number of nitrogens with zero attached hydrogens (tertiary/aromatic N) is 2. The van der Waals surface area contributed by atoms with Crippen LogP contribution in [0, 0.1) is 0 Å². The van der Waals surface area contributed by atoms with Crippen LogP contribution in [0.1, 0.15) is 76.7 Å². The molecule has 0 saturated heterocycles.